The summed E-state index contributed by atoms with van der Waals surface area (Å²) in [6, 6.07) is 6.05. The second-order valence-corrected chi connectivity index (χ2v) is 7.23. The van der Waals surface area contributed by atoms with Crippen LogP contribution in [0.3, 0.4) is 0 Å². The topological polar surface area (TPSA) is 48.8 Å². The predicted molar refractivity (Wildman–Crippen MR) is 107 cm³/mol. The Labute approximate surface area is 156 Å². The molecular weight excluding hydrogens is 332 g/mol. The third-order valence-electron chi connectivity index (χ3n) is 4.46. The van der Waals surface area contributed by atoms with Crippen LogP contribution in [0.4, 0.5) is 5.69 Å². The van der Waals surface area contributed by atoms with Crippen LogP contribution in [0.5, 0.6) is 0 Å². The van der Waals surface area contributed by atoms with Crippen molar-refractivity contribution in [2.45, 2.75) is 20.8 Å². The number of hydrogen-bond acceptors (Lipinski definition) is 2. The largest absolute Gasteiger partial charge is 0.359 e. The van der Waals surface area contributed by atoms with Gasteiger partial charge in [0.05, 0.1) is 26.2 Å². The summed E-state index contributed by atoms with van der Waals surface area (Å²) >= 11 is 5.42. The Bertz CT molecular complexity index is 631. The number of quaternary nitrogens is 1. The predicted octanol–water partition coefficient (Wildman–Crippen LogP) is 0.893. The number of benzene rings is 1. The van der Waals surface area contributed by atoms with Crippen LogP contribution in [0.1, 0.15) is 18.1 Å². The summed E-state index contributed by atoms with van der Waals surface area (Å²) in [6.45, 7) is 14.7. The van der Waals surface area contributed by atoms with Gasteiger partial charge in [0.2, 0.25) is 0 Å². The number of carbonyl (C=O) groups excluding carboxylic acids is 1. The molecule has 1 aliphatic heterocycles. The van der Waals surface area contributed by atoms with E-state index in [-0.39, 0.29) is 5.91 Å². The molecule has 0 spiro atoms. The van der Waals surface area contributed by atoms with E-state index in [0.717, 1.165) is 53.7 Å². The quantitative estimate of drug-likeness (QED) is 0.539. The number of piperazine rings is 1. The van der Waals surface area contributed by atoms with Crippen molar-refractivity contribution in [2.24, 2.45) is 0 Å². The van der Waals surface area contributed by atoms with Crippen molar-refractivity contribution in [1.29, 1.82) is 0 Å². The maximum Gasteiger partial charge on any atom is 0.279 e. The van der Waals surface area contributed by atoms with Crippen LogP contribution in [0.15, 0.2) is 30.4 Å². The van der Waals surface area contributed by atoms with Crippen molar-refractivity contribution in [3.8, 4) is 0 Å². The van der Waals surface area contributed by atoms with E-state index in [9.17, 15) is 4.79 Å². The molecule has 1 saturated heterocycles. The van der Waals surface area contributed by atoms with E-state index in [4.69, 9.17) is 12.2 Å². The standard InChI is InChI=1S/C19H28N4OS/c1-14(2)12-20-19(25)23-10-8-22(9-11-23)13-17(24)21-18-15(3)6-5-7-16(18)4/h5-7H,1,8-13H2,2-4H3,(H,20,25)(H,21,24)/p+1. The number of aryl methyl sites for hydroxylation is 2. The van der Waals surface area contributed by atoms with Gasteiger partial charge in [-0.2, -0.15) is 0 Å². The van der Waals surface area contributed by atoms with Gasteiger partial charge in [-0.1, -0.05) is 30.4 Å². The first-order valence-electron chi connectivity index (χ1n) is 8.73. The van der Waals surface area contributed by atoms with Crippen molar-refractivity contribution in [2.75, 3.05) is 44.6 Å². The Morgan fingerprint density at radius 3 is 2.44 bits per heavy atom. The summed E-state index contributed by atoms with van der Waals surface area (Å²) < 4.78 is 0. The second kappa shape index (κ2) is 8.97. The van der Waals surface area contributed by atoms with E-state index in [2.05, 4.69) is 22.1 Å². The van der Waals surface area contributed by atoms with Gasteiger partial charge in [0.1, 0.15) is 0 Å². The maximum absolute atomic E-state index is 12.4. The van der Waals surface area contributed by atoms with Crippen molar-refractivity contribution < 1.29 is 9.69 Å². The zero-order valence-electron chi connectivity index (χ0n) is 15.4. The molecule has 0 aromatic heterocycles. The van der Waals surface area contributed by atoms with Crippen LogP contribution in [0, 0.1) is 13.8 Å². The maximum atomic E-state index is 12.4. The first-order valence-corrected chi connectivity index (χ1v) is 9.14. The highest BCUT2D eigenvalue weighted by atomic mass is 32.1. The molecule has 0 saturated carbocycles. The fraction of sp³-hybridized carbons (Fsp3) is 0.474. The van der Waals surface area contributed by atoms with Crippen molar-refractivity contribution in [1.82, 2.24) is 10.2 Å². The van der Waals surface area contributed by atoms with E-state index in [1.54, 1.807) is 0 Å². The Morgan fingerprint density at radius 1 is 1.28 bits per heavy atom. The molecule has 136 valence electrons. The van der Waals surface area contributed by atoms with Crippen LogP contribution in [0.25, 0.3) is 0 Å². The number of amides is 1. The Balaban J connectivity index is 1.79. The van der Waals surface area contributed by atoms with Gasteiger partial charge in [0.25, 0.3) is 5.91 Å². The van der Waals surface area contributed by atoms with Gasteiger partial charge in [-0.05, 0) is 44.1 Å². The minimum absolute atomic E-state index is 0.0730. The number of nitrogens with one attached hydrogen (secondary N) is 3. The van der Waals surface area contributed by atoms with Crippen LogP contribution in [0.2, 0.25) is 0 Å². The lowest BCUT2D eigenvalue weighted by molar-refractivity contribution is -0.895. The normalized spacial score (nSPS) is 14.9. The molecule has 1 aliphatic rings. The van der Waals surface area contributed by atoms with Gasteiger partial charge in [0.15, 0.2) is 11.7 Å². The molecular formula is C19H29N4OS+. The molecule has 3 N–H and O–H groups in total. The zero-order chi connectivity index (χ0) is 18.4. The summed E-state index contributed by atoms with van der Waals surface area (Å²) in [5.74, 6) is 0.0730. The van der Waals surface area contributed by atoms with E-state index in [1.807, 2.05) is 39.0 Å². The molecule has 5 nitrogen and oxygen atoms in total. The van der Waals surface area contributed by atoms with E-state index in [1.165, 1.54) is 4.90 Å². The molecule has 1 fully saturated rings. The van der Waals surface area contributed by atoms with Crippen molar-refractivity contribution in [3.05, 3.63) is 41.5 Å². The molecule has 1 heterocycles. The Hall–Kier alpha value is -1.92. The Morgan fingerprint density at radius 2 is 1.88 bits per heavy atom. The summed E-state index contributed by atoms with van der Waals surface area (Å²) in [6.07, 6.45) is 0. The van der Waals surface area contributed by atoms with E-state index < -0.39 is 0 Å². The third-order valence-corrected chi connectivity index (χ3v) is 4.86. The number of hydrogen-bond donors (Lipinski definition) is 3. The highest BCUT2D eigenvalue weighted by Crippen LogP contribution is 2.18. The Kier molecular flexibility index (Phi) is 6.96. The SMILES string of the molecule is C=C(C)CNC(=S)N1CC[NH+](CC(=O)Nc2c(C)cccc2C)CC1. The van der Waals surface area contributed by atoms with Crippen LogP contribution >= 0.6 is 12.2 Å². The second-order valence-electron chi connectivity index (χ2n) is 6.84. The molecule has 1 aromatic rings. The van der Waals surface area contributed by atoms with Gasteiger partial charge < -0.3 is 20.4 Å². The smallest absolute Gasteiger partial charge is 0.279 e. The van der Waals surface area contributed by atoms with E-state index in [0.29, 0.717) is 13.1 Å². The fourth-order valence-corrected chi connectivity index (χ4v) is 3.22. The number of thiocarbonyl (C=S) groups is 1. The molecule has 25 heavy (non-hydrogen) atoms. The molecule has 0 unspecified atom stereocenters. The van der Waals surface area contributed by atoms with Crippen LogP contribution < -0.4 is 15.5 Å². The summed E-state index contributed by atoms with van der Waals surface area (Å²) in [7, 11) is 0. The average Bonchev–Trinajstić information content (AvgIpc) is 2.57. The molecule has 1 aromatic carbocycles. The summed E-state index contributed by atoms with van der Waals surface area (Å²) in [5, 5.41) is 7.07. The average molecular weight is 362 g/mol. The van der Waals surface area contributed by atoms with Crippen molar-refractivity contribution >= 4 is 28.9 Å². The number of nitrogens with zero attached hydrogens (tertiary/aromatic N) is 1. The molecule has 0 atom stereocenters. The van der Waals surface area contributed by atoms with Gasteiger partial charge in [-0.3, -0.25) is 4.79 Å². The lowest BCUT2D eigenvalue weighted by atomic mass is 10.1. The van der Waals surface area contributed by atoms with Crippen molar-refractivity contribution in [3.63, 3.8) is 0 Å². The molecule has 0 radical (unpaired) electrons. The molecule has 0 bridgehead atoms. The molecule has 6 heteroatoms. The lowest BCUT2D eigenvalue weighted by Crippen LogP contribution is -3.15. The van der Waals surface area contributed by atoms with Gasteiger partial charge >= 0.3 is 0 Å². The summed E-state index contributed by atoms with van der Waals surface area (Å²) in [5.41, 5.74) is 4.20. The molecule has 2 rings (SSSR count). The first-order chi connectivity index (χ1) is 11.9. The highest BCUT2D eigenvalue weighted by Gasteiger charge is 2.23. The van der Waals surface area contributed by atoms with Crippen LogP contribution in [-0.2, 0) is 4.79 Å². The zero-order valence-corrected chi connectivity index (χ0v) is 16.3. The molecule has 0 aliphatic carbocycles. The number of rotatable bonds is 5. The highest BCUT2D eigenvalue weighted by molar-refractivity contribution is 7.80. The summed E-state index contributed by atoms with van der Waals surface area (Å²) in [4.78, 5) is 15.9. The van der Waals surface area contributed by atoms with E-state index >= 15 is 0 Å². The minimum atomic E-state index is 0.0730. The van der Waals surface area contributed by atoms with Crippen LogP contribution in [-0.4, -0.2) is 55.2 Å². The van der Waals surface area contributed by atoms with Gasteiger partial charge in [0, 0.05) is 12.2 Å². The number of anilines is 1. The molecule has 1 amide bonds. The monoisotopic (exact) mass is 361 g/mol. The first kappa shape index (κ1) is 19.4. The van der Waals surface area contributed by atoms with Gasteiger partial charge in [-0.25, -0.2) is 0 Å². The third kappa shape index (κ3) is 5.83. The fourth-order valence-electron chi connectivity index (χ4n) is 2.96. The number of carbonyl (C=O) groups is 1. The minimum Gasteiger partial charge on any atom is -0.359 e. The lowest BCUT2D eigenvalue weighted by Gasteiger charge is -2.33. The number of para-hydroxylation sites is 1. The van der Waals surface area contributed by atoms with Gasteiger partial charge in [-0.15, -0.1) is 0 Å².